The second-order valence-electron chi connectivity index (χ2n) is 6.53. The molecule has 4 aromatic rings. The number of hydrogen-bond acceptors (Lipinski definition) is 3. The molecule has 0 bridgehead atoms. The summed E-state index contributed by atoms with van der Waals surface area (Å²) in [4.78, 5) is 10.2. The molecule has 4 nitrogen and oxygen atoms in total. The van der Waals surface area contributed by atoms with E-state index >= 15 is 0 Å². The number of fused-ring (bicyclic) bond motifs is 1. The van der Waals surface area contributed by atoms with Crippen LogP contribution >= 0.6 is 34.8 Å². The van der Waals surface area contributed by atoms with Gasteiger partial charge in [0.05, 0.1) is 17.6 Å². The molecule has 0 N–H and O–H groups in total. The number of aryl methyl sites for hydroxylation is 1. The van der Waals surface area contributed by atoms with E-state index in [0.29, 0.717) is 15.1 Å². The summed E-state index contributed by atoms with van der Waals surface area (Å²) in [5, 5.41) is 5.94. The van der Waals surface area contributed by atoms with Crippen molar-refractivity contribution >= 4 is 46.7 Å². The topological polar surface area (TPSA) is 38.9 Å². The van der Waals surface area contributed by atoms with Crippen molar-refractivity contribution in [2.45, 2.75) is 13.5 Å². The highest BCUT2D eigenvalue weighted by Crippen LogP contribution is 2.26. The van der Waals surface area contributed by atoms with Crippen LogP contribution in [0.5, 0.6) is 0 Å². The van der Waals surface area contributed by atoms with Crippen LogP contribution in [0, 0.1) is 6.92 Å². The third-order valence-electron chi connectivity index (χ3n) is 4.42. The molecule has 146 valence electrons. The number of hydrogen-bond donors (Lipinski definition) is 0. The lowest BCUT2D eigenvalue weighted by atomic mass is 10.1. The predicted octanol–water partition coefficient (Wildman–Crippen LogP) is 6.82. The van der Waals surface area contributed by atoms with E-state index in [2.05, 4.69) is 5.16 Å². The number of nitrogens with zero attached hydrogens (tertiary/aromatic N) is 3. The normalized spacial score (nSPS) is 11.4. The fraction of sp³-hybridized carbons (Fsp3) is 0.0909. The molecule has 0 saturated carbocycles. The third-order valence-corrected chi connectivity index (χ3v) is 5.26. The molecule has 0 aliphatic rings. The minimum atomic E-state index is 0.235. The monoisotopic (exact) mass is 443 g/mol. The molecule has 2 aromatic carbocycles. The summed E-state index contributed by atoms with van der Waals surface area (Å²) in [7, 11) is 0. The minimum Gasteiger partial charge on any atom is -0.391 e. The van der Waals surface area contributed by atoms with Gasteiger partial charge in [0.2, 0.25) is 0 Å². The van der Waals surface area contributed by atoms with Crippen molar-refractivity contribution in [3.8, 4) is 11.3 Å². The highest BCUT2D eigenvalue weighted by Gasteiger charge is 2.13. The molecule has 2 heterocycles. The molecule has 0 unspecified atom stereocenters. The molecule has 0 aliphatic heterocycles. The average Bonchev–Trinajstić information content (AvgIpc) is 3.04. The number of oxime groups is 1. The van der Waals surface area contributed by atoms with E-state index in [-0.39, 0.29) is 6.61 Å². The second-order valence-corrected chi connectivity index (χ2v) is 7.81. The quantitative estimate of drug-likeness (QED) is 0.250. The van der Waals surface area contributed by atoms with Crippen LogP contribution in [-0.4, -0.2) is 15.6 Å². The molecule has 4 rings (SSSR count). The summed E-state index contributed by atoms with van der Waals surface area (Å²) in [6, 6.07) is 16.8. The Morgan fingerprint density at radius 1 is 1.00 bits per heavy atom. The Morgan fingerprint density at radius 3 is 2.52 bits per heavy atom. The molecule has 0 aliphatic carbocycles. The smallest absolute Gasteiger partial charge is 0.143 e. The van der Waals surface area contributed by atoms with Crippen molar-refractivity contribution in [3.05, 3.63) is 92.7 Å². The van der Waals surface area contributed by atoms with E-state index in [1.54, 1.807) is 18.3 Å². The summed E-state index contributed by atoms with van der Waals surface area (Å²) in [6.45, 7) is 2.27. The summed E-state index contributed by atoms with van der Waals surface area (Å²) >= 11 is 18.1. The molecule has 0 spiro atoms. The zero-order chi connectivity index (χ0) is 20.4. The summed E-state index contributed by atoms with van der Waals surface area (Å²) in [5.74, 6) is 0. The first-order chi connectivity index (χ1) is 14.0. The van der Waals surface area contributed by atoms with E-state index in [9.17, 15) is 0 Å². The van der Waals surface area contributed by atoms with Gasteiger partial charge in [-0.25, -0.2) is 4.98 Å². The molecule has 7 heteroatoms. The lowest BCUT2D eigenvalue weighted by Gasteiger charge is -2.04. The Balaban J connectivity index is 1.65. The van der Waals surface area contributed by atoms with Gasteiger partial charge in [-0.05, 0) is 48.9 Å². The molecule has 2 aromatic heterocycles. The number of rotatable bonds is 5. The van der Waals surface area contributed by atoms with Crippen molar-refractivity contribution in [2.24, 2.45) is 5.16 Å². The number of pyridine rings is 1. The van der Waals surface area contributed by atoms with Crippen molar-refractivity contribution in [3.63, 3.8) is 0 Å². The van der Waals surface area contributed by atoms with Gasteiger partial charge in [-0.15, -0.1) is 0 Å². The maximum atomic E-state index is 6.18. The molecule has 0 fully saturated rings. The summed E-state index contributed by atoms with van der Waals surface area (Å²) < 4.78 is 1.97. The second kappa shape index (κ2) is 8.46. The van der Waals surface area contributed by atoms with E-state index < -0.39 is 0 Å². The third kappa shape index (κ3) is 4.40. The molecular formula is C22H16Cl3N3O. The summed E-state index contributed by atoms with van der Waals surface area (Å²) in [5.41, 5.74) is 5.31. The van der Waals surface area contributed by atoms with Crippen molar-refractivity contribution in [2.75, 3.05) is 0 Å². The molecule has 29 heavy (non-hydrogen) atoms. The SMILES string of the molecule is Cc1ccn2c(C=NOCc3ccc(Cl)cc3Cl)c(-c3ccc(Cl)cc3)nc2c1. The van der Waals surface area contributed by atoms with Crippen LogP contribution in [0.1, 0.15) is 16.8 Å². The number of benzene rings is 2. The molecule has 0 saturated heterocycles. The highest BCUT2D eigenvalue weighted by molar-refractivity contribution is 6.35. The van der Waals surface area contributed by atoms with Crippen molar-refractivity contribution in [1.29, 1.82) is 0 Å². The lowest BCUT2D eigenvalue weighted by molar-refractivity contribution is 0.132. The molecular weight excluding hydrogens is 429 g/mol. The largest absolute Gasteiger partial charge is 0.391 e. The maximum absolute atomic E-state index is 6.18. The predicted molar refractivity (Wildman–Crippen MR) is 119 cm³/mol. The van der Waals surface area contributed by atoms with Gasteiger partial charge in [0, 0.05) is 32.4 Å². The maximum Gasteiger partial charge on any atom is 0.143 e. The zero-order valence-electron chi connectivity index (χ0n) is 15.4. The fourth-order valence-corrected chi connectivity index (χ4v) is 3.53. The van der Waals surface area contributed by atoms with E-state index in [0.717, 1.165) is 33.7 Å². The van der Waals surface area contributed by atoms with Gasteiger partial charge in [-0.2, -0.15) is 0 Å². The van der Waals surface area contributed by atoms with Gasteiger partial charge in [0.15, 0.2) is 0 Å². The van der Waals surface area contributed by atoms with Gasteiger partial charge in [0.1, 0.15) is 12.3 Å². The number of halogens is 3. The zero-order valence-corrected chi connectivity index (χ0v) is 17.7. The van der Waals surface area contributed by atoms with E-state index in [1.807, 2.05) is 60.0 Å². The van der Waals surface area contributed by atoms with E-state index in [1.165, 1.54) is 0 Å². The van der Waals surface area contributed by atoms with Crippen LogP contribution in [0.3, 0.4) is 0 Å². The lowest BCUT2D eigenvalue weighted by Crippen LogP contribution is -1.95. The van der Waals surface area contributed by atoms with Gasteiger partial charge in [0.25, 0.3) is 0 Å². The molecule has 0 radical (unpaired) electrons. The van der Waals surface area contributed by atoms with Crippen LogP contribution < -0.4 is 0 Å². The van der Waals surface area contributed by atoms with Gasteiger partial charge >= 0.3 is 0 Å². The van der Waals surface area contributed by atoms with Gasteiger partial charge in [-0.1, -0.05) is 58.2 Å². The minimum absolute atomic E-state index is 0.235. The van der Waals surface area contributed by atoms with Crippen LogP contribution in [0.25, 0.3) is 16.9 Å². The number of imidazole rings is 1. The Bertz CT molecular complexity index is 1200. The molecule has 0 atom stereocenters. The first kappa shape index (κ1) is 19.8. The van der Waals surface area contributed by atoms with Gasteiger partial charge < -0.3 is 4.84 Å². The standard InChI is InChI=1S/C22H16Cl3N3O/c1-14-8-9-28-20(12-26-29-13-16-4-7-18(24)11-19(16)25)22(27-21(28)10-14)15-2-5-17(23)6-3-15/h2-12H,13H2,1H3. The van der Waals surface area contributed by atoms with Crippen LogP contribution in [0.2, 0.25) is 15.1 Å². The van der Waals surface area contributed by atoms with Crippen LogP contribution in [0.15, 0.2) is 65.9 Å². The first-order valence-electron chi connectivity index (χ1n) is 8.85. The molecule has 0 amide bonds. The Labute approximate surface area is 183 Å². The Kier molecular flexibility index (Phi) is 5.76. The first-order valence-corrected chi connectivity index (χ1v) is 9.98. The van der Waals surface area contributed by atoms with Crippen molar-refractivity contribution < 1.29 is 4.84 Å². The van der Waals surface area contributed by atoms with Crippen LogP contribution in [0.4, 0.5) is 0 Å². The highest BCUT2D eigenvalue weighted by atomic mass is 35.5. The van der Waals surface area contributed by atoms with Crippen molar-refractivity contribution in [1.82, 2.24) is 9.38 Å². The summed E-state index contributed by atoms with van der Waals surface area (Å²) in [6.07, 6.45) is 3.62. The Morgan fingerprint density at radius 2 is 1.76 bits per heavy atom. The number of aromatic nitrogens is 2. The average molecular weight is 445 g/mol. The van der Waals surface area contributed by atoms with Crippen LogP contribution in [-0.2, 0) is 11.4 Å². The van der Waals surface area contributed by atoms with Gasteiger partial charge in [-0.3, -0.25) is 4.40 Å². The van der Waals surface area contributed by atoms with E-state index in [4.69, 9.17) is 44.6 Å². The fourth-order valence-electron chi connectivity index (χ4n) is 2.94. The Hall–Kier alpha value is -2.53.